The normalized spacial score (nSPS) is 14.4. The topological polar surface area (TPSA) is 35.6 Å². The average Bonchev–Trinajstić information content (AvgIpc) is 3.72. The lowest BCUT2D eigenvalue weighted by Gasteiger charge is -2.18. The Hall–Kier alpha value is -6.52. The van der Waals surface area contributed by atoms with E-state index in [4.69, 9.17) is 9.97 Å². The van der Waals surface area contributed by atoms with Crippen LogP contribution >= 0.6 is 0 Å². The van der Waals surface area contributed by atoms with Crippen molar-refractivity contribution in [1.29, 1.82) is 0 Å². The molecule has 3 heterocycles. The first-order chi connectivity index (χ1) is 25.2. The molecular formula is C47H32N4. The summed E-state index contributed by atoms with van der Waals surface area (Å²) in [7, 11) is 0. The maximum atomic E-state index is 5.31. The van der Waals surface area contributed by atoms with Crippen LogP contribution < -0.4 is 0 Å². The Morgan fingerprint density at radius 3 is 1.94 bits per heavy atom. The molecule has 0 N–H and O–H groups in total. The molecule has 1 aliphatic rings. The standard InChI is InChI=1S/C47H32N4/c1-29-12-11-13-32-26-30(22-24-35(29)32)31-23-25-40-33(27-31)28-48-47(49-40)51-42-21-10-8-19-39(42)44-37-17-6-5-16-36(37)43-38-18-7-9-20-41(38)50(45(43)46(44)51)34-14-3-2-4-15-34/h2-11,13-29H,12H2,1H3. The molecule has 1 aliphatic carbocycles. The summed E-state index contributed by atoms with van der Waals surface area (Å²) in [5, 5.41) is 8.35. The van der Waals surface area contributed by atoms with Crippen LogP contribution in [-0.2, 0) is 0 Å². The predicted molar refractivity (Wildman–Crippen MR) is 213 cm³/mol. The number of nitrogens with zero attached hydrogens (tertiary/aromatic N) is 4. The minimum atomic E-state index is 0.552. The van der Waals surface area contributed by atoms with E-state index in [0.29, 0.717) is 11.9 Å². The van der Waals surface area contributed by atoms with E-state index in [9.17, 15) is 0 Å². The molecule has 0 spiro atoms. The maximum absolute atomic E-state index is 5.31. The van der Waals surface area contributed by atoms with Crippen molar-refractivity contribution < 1.29 is 0 Å². The van der Waals surface area contributed by atoms with Gasteiger partial charge in [0.05, 0.1) is 27.6 Å². The Bertz CT molecular complexity index is 3070. The van der Waals surface area contributed by atoms with E-state index in [1.165, 1.54) is 60.1 Å². The van der Waals surface area contributed by atoms with Gasteiger partial charge in [0.1, 0.15) is 0 Å². The third-order valence-electron chi connectivity index (χ3n) is 11.0. The molecule has 0 fully saturated rings. The molecule has 10 aromatic rings. The number of aromatic nitrogens is 4. The molecule has 11 rings (SSSR count). The van der Waals surface area contributed by atoms with Crippen molar-refractivity contribution >= 4 is 71.4 Å². The third kappa shape index (κ3) is 4.08. The second-order valence-electron chi connectivity index (χ2n) is 13.9. The first kappa shape index (κ1) is 28.3. The van der Waals surface area contributed by atoms with E-state index >= 15 is 0 Å². The minimum absolute atomic E-state index is 0.552. The van der Waals surface area contributed by atoms with Crippen LogP contribution in [0.2, 0.25) is 0 Å². The number of allylic oxidation sites excluding steroid dienone is 1. The van der Waals surface area contributed by atoms with Crippen LogP contribution in [0.5, 0.6) is 0 Å². The van der Waals surface area contributed by atoms with Crippen molar-refractivity contribution in [3.05, 3.63) is 163 Å². The summed E-state index contributed by atoms with van der Waals surface area (Å²) in [6.45, 7) is 2.30. The molecule has 0 saturated heterocycles. The highest BCUT2D eigenvalue weighted by atomic mass is 15.2. The fourth-order valence-electron chi connectivity index (χ4n) is 8.63. The van der Waals surface area contributed by atoms with Crippen LogP contribution in [-0.4, -0.2) is 19.1 Å². The van der Waals surface area contributed by atoms with Crippen molar-refractivity contribution in [2.24, 2.45) is 0 Å². The molecule has 0 radical (unpaired) electrons. The Balaban J connectivity index is 1.22. The van der Waals surface area contributed by atoms with Gasteiger partial charge in [-0.2, -0.15) is 0 Å². The fraction of sp³-hybridized carbons (Fsp3) is 0.0638. The second-order valence-corrected chi connectivity index (χ2v) is 13.9. The number of rotatable bonds is 3. The van der Waals surface area contributed by atoms with E-state index < -0.39 is 0 Å². The molecule has 240 valence electrons. The van der Waals surface area contributed by atoms with Gasteiger partial charge in [-0.15, -0.1) is 0 Å². The van der Waals surface area contributed by atoms with Crippen molar-refractivity contribution in [3.8, 4) is 22.8 Å². The Morgan fingerprint density at radius 2 is 1.20 bits per heavy atom. The van der Waals surface area contributed by atoms with E-state index in [0.717, 1.165) is 39.6 Å². The van der Waals surface area contributed by atoms with Gasteiger partial charge < -0.3 is 4.57 Å². The minimum Gasteiger partial charge on any atom is -0.307 e. The Labute approximate surface area is 294 Å². The molecule has 4 heteroatoms. The van der Waals surface area contributed by atoms with E-state index in [1.54, 1.807) is 0 Å². The van der Waals surface area contributed by atoms with Gasteiger partial charge in [0.25, 0.3) is 0 Å². The smallest absolute Gasteiger partial charge is 0.235 e. The molecule has 0 bridgehead atoms. The summed E-state index contributed by atoms with van der Waals surface area (Å²) in [6.07, 6.45) is 7.65. The summed E-state index contributed by atoms with van der Waals surface area (Å²) in [5.74, 6) is 1.22. The van der Waals surface area contributed by atoms with Crippen LogP contribution in [0.15, 0.2) is 152 Å². The highest BCUT2D eigenvalue weighted by Crippen LogP contribution is 2.46. The molecule has 0 amide bonds. The zero-order chi connectivity index (χ0) is 33.6. The SMILES string of the molecule is CC1CC=Cc2cc(-c3ccc4nc(-n5c6ccccc6c6c7ccccc7c7c8ccccc8n(-c8ccccc8)c7c65)ncc4c3)ccc21. The second kappa shape index (κ2) is 10.7. The highest BCUT2D eigenvalue weighted by molar-refractivity contribution is 6.36. The summed E-state index contributed by atoms with van der Waals surface area (Å²) < 4.78 is 4.72. The Kier molecular flexibility index (Phi) is 5.97. The van der Waals surface area contributed by atoms with Gasteiger partial charge in [0.2, 0.25) is 5.95 Å². The van der Waals surface area contributed by atoms with Crippen LogP contribution in [0, 0.1) is 0 Å². The van der Waals surface area contributed by atoms with Crippen molar-refractivity contribution in [3.63, 3.8) is 0 Å². The monoisotopic (exact) mass is 652 g/mol. The van der Waals surface area contributed by atoms with Crippen LogP contribution in [0.4, 0.5) is 0 Å². The van der Waals surface area contributed by atoms with Crippen molar-refractivity contribution in [2.45, 2.75) is 19.3 Å². The largest absolute Gasteiger partial charge is 0.307 e. The Morgan fingerprint density at radius 1 is 0.588 bits per heavy atom. The summed E-state index contributed by atoms with van der Waals surface area (Å²) in [6, 6.07) is 50.5. The lowest BCUT2D eigenvalue weighted by Crippen LogP contribution is -2.03. The van der Waals surface area contributed by atoms with Gasteiger partial charge in [0, 0.05) is 38.8 Å². The quantitative estimate of drug-likeness (QED) is 0.190. The third-order valence-corrected chi connectivity index (χ3v) is 11.0. The lowest BCUT2D eigenvalue weighted by atomic mass is 9.86. The highest BCUT2D eigenvalue weighted by Gasteiger charge is 2.25. The van der Waals surface area contributed by atoms with Gasteiger partial charge in [-0.3, -0.25) is 4.57 Å². The lowest BCUT2D eigenvalue weighted by molar-refractivity contribution is 0.772. The first-order valence-corrected chi connectivity index (χ1v) is 17.7. The summed E-state index contributed by atoms with van der Waals surface area (Å²) in [4.78, 5) is 10.4. The van der Waals surface area contributed by atoms with E-state index in [-0.39, 0.29) is 0 Å². The van der Waals surface area contributed by atoms with Crippen molar-refractivity contribution in [1.82, 2.24) is 19.1 Å². The number of fused-ring (bicyclic) bond motifs is 12. The van der Waals surface area contributed by atoms with Crippen LogP contribution in [0.25, 0.3) is 94.1 Å². The molecule has 3 aromatic heterocycles. The summed E-state index contributed by atoms with van der Waals surface area (Å²) >= 11 is 0. The zero-order valence-electron chi connectivity index (χ0n) is 28.1. The molecule has 0 saturated carbocycles. The predicted octanol–water partition coefficient (Wildman–Crippen LogP) is 12.2. The van der Waals surface area contributed by atoms with Crippen molar-refractivity contribution in [2.75, 3.05) is 0 Å². The number of hydrogen-bond donors (Lipinski definition) is 0. The van der Waals surface area contributed by atoms with Gasteiger partial charge in [0.15, 0.2) is 0 Å². The van der Waals surface area contributed by atoms with Gasteiger partial charge in [-0.1, -0.05) is 116 Å². The number of para-hydroxylation sites is 3. The number of hydrogen-bond acceptors (Lipinski definition) is 2. The van der Waals surface area contributed by atoms with E-state index in [1.807, 2.05) is 6.20 Å². The van der Waals surface area contributed by atoms with Crippen LogP contribution in [0.1, 0.15) is 30.4 Å². The molecule has 51 heavy (non-hydrogen) atoms. The first-order valence-electron chi connectivity index (χ1n) is 17.7. The fourth-order valence-corrected chi connectivity index (χ4v) is 8.63. The maximum Gasteiger partial charge on any atom is 0.235 e. The average molecular weight is 653 g/mol. The number of benzene rings is 7. The molecular weight excluding hydrogens is 621 g/mol. The molecule has 4 nitrogen and oxygen atoms in total. The summed E-state index contributed by atoms with van der Waals surface area (Å²) in [5.41, 5.74) is 11.7. The zero-order valence-corrected chi connectivity index (χ0v) is 28.1. The molecule has 0 aliphatic heterocycles. The molecule has 1 atom stereocenters. The van der Waals surface area contributed by atoms with Gasteiger partial charge in [-0.25, -0.2) is 9.97 Å². The molecule has 1 unspecified atom stereocenters. The van der Waals surface area contributed by atoms with Gasteiger partial charge >= 0.3 is 0 Å². The van der Waals surface area contributed by atoms with Crippen LogP contribution in [0.3, 0.4) is 0 Å². The molecule has 7 aromatic carbocycles. The van der Waals surface area contributed by atoms with E-state index in [2.05, 4.69) is 168 Å². The van der Waals surface area contributed by atoms with Gasteiger partial charge in [-0.05, 0) is 87.8 Å².